The maximum atomic E-state index is 13.5. The minimum Gasteiger partial charge on any atom is -0.330 e. The molecule has 16 heavy (non-hydrogen) atoms. The monoisotopic (exact) mass is 250 g/mol. The molecule has 0 saturated heterocycles. The molecule has 0 unspecified atom stereocenters. The predicted molar refractivity (Wildman–Crippen MR) is 54.1 cm³/mol. The first-order valence-electron chi connectivity index (χ1n) is 4.79. The molecule has 2 nitrogen and oxygen atoms in total. The van der Waals surface area contributed by atoms with Crippen molar-refractivity contribution in [1.82, 2.24) is 4.98 Å². The van der Waals surface area contributed by atoms with E-state index in [0.717, 1.165) is 0 Å². The van der Waals surface area contributed by atoms with Crippen LogP contribution in [0.15, 0.2) is 12.3 Å². The fourth-order valence-electron chi connectivity index (χ4n) is 2.25. The Bertz CT molecular complexity index is 394. The van der Waals surface area contributed by atoms with Gasteiger partial charge in [0.2, 0.25) is 11.9 Å². The Morgan fingerprint density at radius 2 is 2.06 bits per heavy atom. The first-order chi connectivity index (χ1) is 7.40. The third-order valence-electron chi connectivity index (χ3n) is 2.97. The van der Waals surface area contributed by atoms with Gasteiger partial charge in [-0.2, -0.15) is 4.39 Å². The maximum absolute atomic E-state index is 13.5. The molecule has 2 rings (SSSR count). The van der Waals surface area contributed by atoms with Crippen LogP contribution in [-0.4, -0.2) is 17.5 Å². The molecule has 0 aromatic carbocycles. The van der Waals surface area contributed by atoms with E-state index in [0.29, 0.717) is 0 Å². The van der Waals surface area contributed by atoms with Crippen LogP contribution in [0.5, 0.6) is 0 Å². The van der Waals surface area contributed by atoms with E-state index in [9.17, 15) is 13.2 Å². The van der Waals surface area contributed by atoms with Gasteiger partial charge in [0.05, 0.1) is 5.02 Å². The molecular weight excluding hydrogens is 241 g/mol. The fourth-order valence-corrected chi connectivity index (χ4v) is 2.58. The second kappa shape index (κ2) is 3.60. The maximum Gasteiger partial charge on any atom is 0.250 e. The number of aromatic nitrogens is 1. The van der Waals surface area contributed by atoms with Crippen LogP contribution in [-0.2, 0) is 5.41 Å². The summed E-state index contributed by atoms with van der Waals surface area (Å²) >= 11 is 5.82. The van der Waals surface area contributed by atoms with Gasteiger partial charge >= 0.3 is 0 Å². The van der Waals surface area contributed by atoms with E-state index in [1.807, 2.05) is 0 Å². The van der Waals surface area contributed by atoms with Crippen LogP contribution < -0.4 is 5.73 Å². The van der Waals surface area contributed by atoms with Crippen LogP contribution in [0.3, 0.4) is 0 Å². The molecule has 1 aliphatic carbocycles. The number of rotatable bonds is 2. The third kappa shape index (κ3) is 1.68. The SMILES string of the molecule is NCC1(c2c(Cl)ccnc2F)CC(F)(F)C1. The lowest BCUT2D eigenvalue weighted by Crippen LogP contribution is -2.54. The second-order valence-electron chi connectivity index (χ2n) is 4.15. The number of hydrogen-bond donors (Lipinski definition) is 1. The van der Waals surface area contributed by atoms with Crippen molar-refractivity contribution < 1.29 is 13.2 Å². The van der Waals surface area contributed by atoms with Gasteiger partial charge in [-0.1, -0.05) is 11.6 Å². The zero-order chi connectivity index (χ0) is 12.0. The molecule has 0 bridgehead atoms. The van der Waals surface area contributed by atoms with E-state index < -0.39 is 30.1 Å². The second-order valence-corrected chi connectivity index (χ2v) is 4.56. The van der Waals surface area contributed by atoms with Crippen molar-refractivity contribution >= 4 is 11.6 Å². The molecule has 0 atom stereocenters. The highest BCUT2D eigenvalue weighted by atomic mass is 35.5. The van der Waals surface area contributed by atoms with Gasteiger partial charge < -0.3 is 5.73 Å². The lowest BCUT2D eigenvalue weighted by molar-refractivity contribution is -0.124. The van der Waals surface area contributed by atoms with Crippen molar-refractivity contribution in [3.8, 4) is 0 Å². The van der Waals surface area contributed by atoms with Crippen molar-refractivity contribution in [3.05, 3.63) is 28.8 Å². The summed E-state index contributed by atoms with van der Waals surface area (Å²) in [7, 11) is 0. The zero-order valence-electron chi connectivity index (χ0n) is 8.31. The van der Waals surface area contributed by atoms with Crippen molar-refractivity contribution in [2.24, 2.45) is 5.73 Å². The zero-order valence-corrected chi connectivity index (χ0v) is 9.07. The molecule has 0 spiro atoms. The van der Waals surface area contributed by atoms with Crippen LogP contribution in [0.25, 0.3) is 0 Å². The Labute approximate surface area is 95.6 Å². The smallest absolute Gasteiger partial charge is 0.250 e. The molecule has 1 aromatic heterocycles. The van der Waals surface area contributed by atoms with Crippen LogP contribution >= 0.6 is 11.6 Å². The number of alkyl halides is 2. The summed E-state index contributed by atoms with van der Waals surface area (Å²) in [5, 5.41) is 0.105. The van der Waals surface area contributed by atoms with Crippen molar-refractivity contribution in [2.75, 3.05) is 6.54 Å². The minimum atomic E-state index is -2.79. The van der Waals surface area contributed by atoms with Gasteiger partial charge in [0.15, 0.2) is 0 Å². The van der Waals surface area contributed by atoms with Crippen LogP contribution in [0.1, 0.15) is 18.4 Å². The first kappa shape index (κ1) is 11.7. The van der Waals surface area contributed by atoms with Gasteiger partial charge in [-0.3, -0.25) is 0 Å². The highest BCUT2D eigenvalue weighted by Crippen LogP contribution is 2.54. The van der Waals surface area contributed by atoms with E-state index in [-0.39, 0.29) is 17.1 Å². The van der Waals surface area contributed by atoms with Crippen LogP contribution in [0.2, 0.25) is 5.02 Å². The molecule has 6 heteroatoms. The fraction of sp³-hybridized carbons (Fsp3) is 0.500. The summed E-state index contributed by atoms with van der Waals surface area (Å²) in [6.45, 7) is -0.0646. The Kier molecular flexibility index (Phi) is 2.62. The molecule has 1 saturated carbocycles. The summed E-state index contributed by atoms with van der Waals surface area (Å²) in [6, 6.07) is 1.38. The highest BCUT2D eigenvalue weighted by Gasteiger charge is 2.58. The van der Waals surface area contributed by atoms with Crippen LogP contribution in [0.4, 0.5) is 13.2 Å². The summed E-state index contributed by atoms with van der Waals surface area (Å²) in [5.74, 6) is -3.60. The molecule has 88 valence electrons. The van der Waals surface area contributed by atoms with Crippen molar-refractivity contribution in [3.63, 3.8) is 0 Å². The normalized spacial score (nSPS) is 21.6. The van der Waals surface area contributed by atoms with E-state index in [1.54, 1.807) is 0 Å². The number of nitrogens with zero attached hydrogens (tertiary/aromatic N) is 1. The lowest BCUT2D eigenvalue weighted by Gasteiger charge is -2.47. The van der Waals surface area contributed by atoms with Gasteiger partial charge in [-0.25, -0.2) is 13.8 Å². The standard InChI is InChI=1S/C10H10ClF3N2/c11-6-1-2-16-8(12)7(6)9(5-15)3-10(13,14)4-9/h1-2H,3-5,15H2. The Morgan fingerprint density at radius 3 is 2.50 bits per heavy atom. The molecular formula is C10H10ClF3N2. The quantitative estimate of drug-likeness (QED) is 0.819. The number of hydrogen-bond acceptors (Lipinski definition) is 2. The van der Waals surface area contributed by atoms with E-state index in [2.05, 4.69) is 4.98 Å². The minimum absolute atomic E-state index is 0.0186. The van der Waals surface area contributed by atoms with E-state index in [1.165, 1.54) is 12.3 Å². The van der Waals surface area contributed by atoms with Gasteiger partial charge in [0.1, 0.15) is 0 Å². The van der Waals surface area contributed by atoms with Gasteiger partial charge in [-0.15, -0.1) is 0 Å². The number of halogens is 4. The first-order valence-corrected chi connectivity index (χ1v) is 5.16. The van der Waals surface area contributed by atoms with Gasteiger partial charge in [0, 0.05) is 36.6 Å². The average Bonchev–Trinajstić information content (AvgIpc) is 2.13. The van der Waals surface area contributed by atoms with E-state index >= 15 is 0 Å². The number of pyridine rings is 1. The topological polar surface area (TPSA) is 38.9 Å². The Morgan fingerprint density at radius 1 is 1.44 bits per heavy atom. The Balaban J connectivity index is 2.43. The highest BCUT2D eigenvalue weighted by molar-refractivity contribution is 6.31. The van der Waals surface area contributed by atoms with Crippen molar-refractivity contribution in [1.29, 1.82) is 0 Å². The summed E-state index contributed by atoms with van der Waals surface area (Å²) in [5.41, 5.74) is 4.42. The molecule has 1 heterocycles. The number of nitrogens with two attached hydrogens (primary N) is 1. The summed E-state index contributed by atoms with van der Waals surface area (Å²) in [4.78, 5) is 3.43. The summed E-state index contributed by atoms with van der Waals surface area (Å²) in [6.07, 6.45) is 0.250. The summed E-state index contributed by atoms with van der Waals surface area (Å²) < 4.78 is 39.4. The predicted octanol–water partition coefficient (Wildman–Crippen LogP) is 2.50. The van der Waals surface area contributed by atoms with E-state index in [4.69, 9.17) is 17.3 Å². The Hall–Kier alpha value is -0.810. The molecule has 1 aliphatic rings. The van der Waals surface area contributed by atoms with Gasteiger partial charge in [0.25, 0.3) is 0 Å². The molecule has 0 aliphatic heterocycles. The van der Waals surface area contributed by atoms with Crippen LogP contribution in [0, 0.1) is 5.95 Å². The molecule has 0 radical (unpaired) electrons. The lowest BCUT2D eigenvalue weighted by atomic mass is 9.62. The molecule has 0 amide bonds. The molecule has 1 aromatic rings. The average molecular weight is 251 g/mol. The third-order valence-corrected chi connectivity index (χ3v) is 3.28. The molecule has 2 N–H and O–H groups in total. The van der Waals surface area contributed by atoms with Gasteiger partial charge in [-0.05, 0) is 6.07 Å². The van der Waals surface area contributed by atoms with Crippen molar-refractivity contribution in [2.45, 2.75) is 24.2 Å². The molecule has 1 fully saturated rings. The largest absolute Gasteiger partial charge is 0.330 e.